The summed E-state index contributed by atoms with van der Waals surface area (Å²) in [7, 11) is 1.82. The molecule has 1 aliphatic rings. The van der Waals surface area contributed by atoms with Gasteiger partial charge in [0.05, 0.1) is 6.10 Å². The summed E-state index contributed by atoms with van der Waals surface area (Å²) >= 11 is 12.4. The standard InChI is InChI=1S/C17H25Cl2N3O.HI/c1-3-23-13-8-11-22(12-9-13)17(20-2)21-10-7-14-15(18)5-4-6-16(14)19;/h4-6,13H,3,7-12H2,1-2H3,(H,20,21);1H. The van der Waals surface area contributed by atoms with Crippen LogP contribution in [0.5, 0.6) is 0 Å². The van der Waals surface area contributed by atoms with E-state index < -0.39 is 0 Å². The van der Waals surface area contributed by atoms with Gasteiger partial charge in [-0.1, -0.05) is 29.3 Å². The number of likely N-dealkylation sites (tertiary alicyclic amines) is 1. The number of rotatable bonds is 5. The summed E-state index contributed by atoms with van der Waals surface area (Å²) in [5.41, 5.74) is 0.980. The van der Waals surface area contributed by atoms with Crippen molar-refractivity contribution in [1.82, 2.24) is 10.2 Å². The smallest absolute Gasteiger partial charge is 0.193 e. The molecular weight excluding hydrogens is 460 g/mol. The Hall–Kier alpha value is -0.240. The van der Waals surface area contributed by atoms with E-state index in [2.05, 4.69) is 15.2 Å². The molecule has 0 saturated carbocycles. The maximum atomic E-state index is 6.21. The number of guanidine groups is 1. The molecule has 136 valence electrons. The van der Waals surface area contributed by atoms with E-state index >= 15 is 0 Å². The molecule has 1 N–H and O–H groups in total. The van der Waals surface area contributed by atoms with Gasteiger partial charge in [0.25, 0.3) is 0 Å². The van der Waals surface area contributed by atoms with Crippen LogP contribution in [-0.4, -0.2) is 50.3 Å². The van der Waals surface area contributed by atoms with E-state index in [0.717, 1.165) is 57.0 Å². The van der Waals surface area contributed by atoms with E-state index in [1.807, 2.05) is 32.2 Å². The van der Waals surface area contributed by atoms with Gasteiger partial charge in [-0.15, -0.1) is 24.0 Å². The first-order chi connectivity index (χ1) is 11.2. The molecule has 0 spiro atoms. The van der Waals surface area contributed by atoms with Gasteiger partial charge >= 0.3 is 0 Å². The van der Waals surface area contributed by atoms with Crippen molar-refractivity contribution in [3.05, 3.63) is 33.8 Å². The Morgan fingerprint density at radius 3 is 2.46 bits per heavy atom. The Kier molecular flexibility index (Phi) is 10.3. The molecule has 1 aromatic rings. The minimum absolute atomic E-state index is 0. The van der Waals surface area contributed by atoms with Crippen molar-refractivity contribution in [3.63, 3.8) is 0 Å². The normalized spacial score (nSPS) is 16.0. The molecule has 1 saturated heterocycles. The monoisotopic (exact) mass is 485 g/mol. The molecule has 4 nitrogen and oxygen atoms in total. The Balaban J connectivity index is 0.00000288. The molecule has 2 rings (SSSR count). The van der Waals surface area contributed by atoms with Crippen molar-refractivity contribution in [1.29, 1.82) is 0 Å². The van der Waals surface area contributed by atoms with Crippen LogP contribution in [0.4, 0.5) is 0 Å². The van der Waals surface area contributed by atoms with Gasteiger partial charge in [0.15, 0.2) is 5.96 Å². The Bertz CT molecular complexity index is 514. The summed E-state index contributed by atoms with van der Waals surface area (Å²) in [6.45, 7) is 5.53. The van der Waals surface area contributed by atoms with Crippen LogP contribution in [0.2, 0.25) is 10.0 Å². The fourth-order valence-electron chi connectivity index (χ4n) is 2.87. The number of benzene rings is 1. The fourth-order valence-corrected chi connectivity index (χ4v) is 3.46. The van der Waals surface area contributed by atoms with Crippen LogP contribution in [0.25, 0.3) is 0 Å². The van der Waals surface area contributed by atoms with Crippen LogP contribution < -0.4 is 5.32 Å². The van der Waals surface area contributed by atoms with Crippen molar-refractivity contribution in [3.8, 4) is 0 Å². The van der Waals surface area contributed by atoms with Gasteiger partial charge in [-0.2, -0.15) is 0 Å². The molecule has 0 bridgehead atoms. The zero-order valence-electron chi connectivity index (χ0n) is 14.2. The van der Waals surface area contributed by atoms with Crippen LogP contribution in [-0.2, 0) is 11.2 Å². The highest BCUT2D eigenvalue weighted by molar-refractivity contribution is 14.0. The van der Waals surface area contributed by atoms with E-state index in [-0.39, 0.29) is 24.0 Å². The van der Waals surface area contributed by atoms with Gasteiger partial charge in [0.1, 0.15) is 0 Å². The SMILES string of the molecule is CCOC1CCN(C(=NC)NCCc2c(Cl)cccc2Cl)CC1.I. The van der Waals surface area contributed by atoms with Crippen molar-refractivity contribution in [2.45, 2.75) is 32.3 Å². The molecule has 7 heteroatoms. The molecule has 24 heavy (non-hydrogen) atoms. The first-order valence-electron chi connectivity index (χ1n) is 8.15. The van der Waals surface area contributed by atoms with E-state index in [4.69, 9.17) is 27.9 Å². The van der Waals surface area contributed by atoms with Gasteiger partial charge in [-0.25, -0.2) is 0 Å². The third-order valence-electron chi connectivity index (χ3n) is 4.08. The molecule has 0 aliphatic carbocycles. The molecule has 0 atom stereocenters. The quantitative estimate of drug-likeness (QED) is 0.385. The molecular formula is C17H26Cl2IN3O. The fraction of sp³-hybridized carbons (Fsp3) is 0.588. The van der Waals surface area contributed by atoms with Gasteiger partial charge < -0.3 is 15.0 Å². The summed E-state index contributed by atoms with van der Waals surface area (Å²) < 4.78 is 5.69. The molecule has 0 aromatic heterocycles. The molecule has 1 aromatic carbocycles. The van der Waals surface area contributed by atoms with Crippen LogP contribution >= 0.6 is 47.2 Å². The predicted molar refractivity (Wildman–Crippen MR) is 113 cm³/mol. The first kappa shape index (κ1) is 21.8. The molecule has 1 heterocycles. The van der Waals surface area contributed by atoms with Crippen LogP contribution in [0.1, 0.15) is 25.3 Å². The average molecular weight is 486 g/mol. The van der Waals surface area contributed by atoms with Gasteiger partial charge in [-0.05, 0) is 43.9 Å². The molecule has 0 unspecified atom stereocenters. The highest BCUT2D eigenvalue weighted by atomic mass is 127. The minimum Gasteiger partial charge on any atom is -0.378 e. The van der Waals surface area contributed by atoms with Crippen LogP contribution in [0.3, 0.4) is 0 Å². The van der Waals surface area contributed by atoms with E-state index in [0.29, 0.717) is 16.1 Å². The molecule has 0 radical (unpaired) electrons. The lowest BCUT2D eigenvalue weighted by Gasteiger charge is -2.34. The summed E-state index contributed by atoms with van der Waals surface area (Å²) in [4.78, 5) is 6.66. The second-order valence-corrected chi connectivity index (χ2v) is 6.38. The van der Waals surface area contributed by atoms with Gasteiger partial charge in [0.2, 0.25) is 0 Å². The number of nitrogens with one attached hydrogen (secondary N) is 1. The maximum absolute atomic E-state index is 6.21. The van der Waals surface area contributed by atoms with Crippen molar-refractivity contribution < 1.29 is 4.74 Å². The number of ether oxygens (including phenoxy) is 1. The second kappa shape index (κ2) is 11.4. The zero-order valence-corrected chi connectivity index (χ0v) is 18.1. The molecule has 1 aliphatic heterocycles. The lowest BCUT2D eigenvalue weighted by molar-refractivity contribution is 0.0264. The Morgan fingerprint density at radius 2 is 1.92 bits per heavy atom. The number of halogens is 3. The second-order valence-electron chi connectivity index (χ2n) is 5.57. The zero-order chi connectivity index (χ0) is 16.7. The summed E-state index contributed by atoms with van der Waals surface area (Å²) in [6.07, 6.45) is 3.25. The van der Waals surface area contributed by atoms with E-state index in [1.54, 1.807) is 0 Å². The average Bonchev–Trinajstić information content (AvgIpc) is 2.55. The first-order valence-corrected chi connectivity index (χ1v) is 8.91. The summed E-state index contributed by atoms with van der Waals surface area (Å²) in [5.74, 6) is 0.933. The highest BCUT2D eigenvalue weighted by Crippen LogP contribution is 2.24. The lowest BCUT2D eigenvalue weighted by Crippen LogP contribution is -2.47. The van der Waals surface area contributed by atoms with E-state index in [1.165, 1.54) is 0 Å². The highest BCUT2D eigenvalue weighted by Gasteiger charge is 2.21. The lowest BCUT2D eigenvalue weighted by atomic mass is 10.1. The van der Waals surface area contributed by atoms with E-state index in [9.17, 15) is 0 Å². The number of hydrogen-bond acceptors (Lipinski definition) is 2. The Labute approximate surface area is 172 Å². The topological polar surface area (TPSA) is 36.9 Å². The third-order valence-corrected chi connectivity index (χ3v) is 4.78. The Morgan fingerprint density at radius 1 is 1.29 bits per heavy atom. The number of nitrogens with zero attached hydrogens (tertiary/aromatic N) is 2. The third kappa shape index (κ3) is 6.24. The number of hydrogen-bond donors (Lipinski definition) is 1. The molecule has 1 fully saturated rings. The van der Waals surface area contributed by atoms with Crippen LogP contribution in [0.15, 0.2) is 23.2 Å². The number of piperidine rings is 1. The summed E-state index contributed by atoms with van der Waals surface area (Å²) in [6, 6.07) is 5.61. The predicted octanol–water partition coefficient (Wildman–Crippen LogP) is 4.23. The largest absolute Gasteiger partial charge is 0.378 e. The van der Waals surface area contributed by atoms with Crippen molar-refractivity contribution >= 4 is 53.1 Å². The van der Waals surface area contributed by atoms with Crippen molar-refractivity contribution in [2.24, 2.45) is 4.99 Å². The molecule has 0 amide bonds. The maximum Gasteiger partial charge on any atom is 0.193 e. The van der Waals surface area contributed by atoms with Gasteiger partial charge in [0, 0.05) is 43.3 Å². The van der Waals surface area contributed by atoms with Gasteiger partial charge in [-0.3, -0.25) is 4.99 Å². The van der Waals surface area contributed by atoms with Crippen molar-refractivity contribution in [2.75, 3.05) is 33.3 Å². The summed E-state index contributed by atoms with van der Waals surface area (Å²) in [5, 5.41) is 4.84. The minimum atomic E-state index is 0. The van der Waals surface area contributed by atoms with Crippen LogP contribution in [0, 0.1) is 0 Å². The number of aliphatic imine (C=N–C) groups is 1.